The topological polar surface area (TPSA) is 77.2 Å². The zero-order valence-corrected chi connectivity index (χ0v) is 12.7. The molecule has 2 atom stereocenters. The molecule has 3 N–H and O–H groups in total. The molecule has 0 saturated heterocycles. The highest BCUT2D eigenvalue weighted by Crippen LogP contribution is 2.30. The molecule has 2 unspecified atom stereocenters. The maximum atomic E-state index is 11.6. The molecule has 1 aromatic heterocycles. The van der Waals surface area contributed by atoms with Crippen molar-refractivity contribution < 1.29 is 9.53 Å². The molecule has 5 nitrogen and oxygen atoms in total. The van der Waals surface area contributed by atoms with Gasteiger partial charge in [-0.15, -0.1) is 0 Å². The maximum Gasteiger partial charge on any atom is 0.340 e. The van der Waals surface area contributed by atoms with Gasteiger partial charge in [-0.3, -0.25) is 0 Å². The summed E-state index contributed by atoms with van der Waals surface area (Å²) in [6.07, 6.45) is 8.42. The normalized spacial score (nSPS) is 22.3. The third-order valence-electron chi connectivity index (χ3n) is 3.70. The van der Waals surface area contributed by atoms with Crippen LogP contribution in [0.25, 0.3) is 0 Å². The number of hydrogen-bond acceptors (Lipinski definition) is 6. The van der Waals surface area contributed by atoms with Gasteiger partial charge < -0.3 is 15.8 Å². The fourth-order valence-electron chi connectivity index (χ4n) is 2.56. The lowest BCUT2D eigenvalue weighted by Gasteiger charge is -2.29. The second-order valence-corrected chi connectivity index (χ2v) is 6.12. The number of nitrogens with one attached hydrogen (secondary N) is 1. The average Bonchev–Trinajstić information content (AvgIpc) is 2.49. The van der Waals surface area contributed by atoms with Gasteiger partial charge in [0.05, 0.1) is 18.4 Å². The summed E-state index contributed by atoms with van der Waals surface area (Å²) < 4.78 is 4.72. The van der Waals surface area contributed by atoms with E-state index in [0.717, 1.165) is 12.8 Å². The molecule has 110 valence electrons. The van der Waals surface area contributed by atoms with E-state index in [4.69, 9.17) is 10.5 Å². The fraction of sp³-hybridized carbons (Fsp3) is 0.571. The summed E-state index contributed by atoms with van der Waals surface area (Å²) in [6, 6.07) is 1.95. The van der Waals surface area contributed by atoms with Crippen molar-refractivity contribution >= 4 is 29.2 Å². The molecule has 0 bridgehead atoms. The van der Waals surface area contributed by atoms with Crippen molar-refractivity contribution in [3.63, 3.8) is 0 Å². The first kappa shape index (κ1) is 15.0. The van der Waals surface area contributed by atoms with Gasteiger partial charge in [-0.05, 0) is 31.6 Å². The van der Waals surface area contributed by atoms with E-state index in [9.17, 15) is 4.79 Å². The summed E-state index contributed by atoms with van der Waals surface area (Å²) in [4.78, 5) is 15.9. The Labute approximate surface area is 123 Å². The molecule has 6 heteroatoms. The van der Waals surface area contributed by atoms with Gasteiger partial charge in [-0.1, -0.05) is 6.42 Å². The van der Waals surface area contributed by atoms with E-state index in [1.165, 1.54) is 20.0 Å². The van der Waals surface area contributed by atoms with E-state index in [-0.39, 0.29) is 0 Å². The average molecular weight is 295 g/mol. The van der Waals surface area contributed by atoms with Crippen LogP contribution in [-0.2, 0) is 4.74 Å². The number of anilines is 2. The lowest BCUT2D eigenvalue weighted by molar-refractivity contribution is 0.0602. The molecule has 1 heterocycles. The Morgan fingerprint density at radius 3 is 3.05 bits per heavy atom. The van der Waals surface area contributed by atoms with Gasteiger partial charge in [0.15, 0.2) is 0 Å². The molecule has 2 rings (SSSR count). The molecule has 1 fully saturated rings. The standard InChI is InChI=1S/C14H21N3O2S/c1-19-14(18)11-6-7-16-13(12(11)15)17-9-4-3-5-10(8-9)20-2/h6-7,9-10H,3-5,8,15H2,1-2H3,(H,16,17). The lowest BCUT2D eigenvalue weighted by atomic mass is 9.95. The maximum absolute atomic E-state index is 11.6. The zero-order valence-electron chi connectivity index (χ0n) is 11.9. The number of nitrogens with zero attached hydrogens (tertiary/aromatic N) is 1. The molecule has 0 spiro atoms. The van der Waals surface area contributed by atoms with Crippen LogP contribution in [0.3, 0.4) is 0 Å². The number of nitrogens with two attached hydrogens (primary N) is 1. The van der Waals surface area contributed by atoms with E-state index in [1.54, 1.807) is 12.3 Å². The number of esters is 1. The van der Waals surface area contributed by atoms with Crippen molar-refractivity contribution in [2.75, 3.05) is 24.4 Å². The number of nitrogen functional groups attached to an aromatic ring is 1. The van der Waals surface area contributed by atoms with E-state index < -0.39 is 5.97 Å². The number of carbonyl (C=O) groups is 1. The van der Waals surface area contributed by atoms with E-state index >= 15 is 0 Å². The minimum atomic E-state index is -0.432. The van der Waals surface area contributed by atoms with E-state index in [0.29, 0.717) is 28.4 Å². The predicted molar refractivity (Wildman–Crippen MR) is 83.2 cm³/mol. The highest BCUT2D eigenvalue weighted by molar-refractivity contribution is 7.99. The van der Waals surface area contributed by atoms with Crippen LogP contribution in [0, 0.1) is 0 Å². The summed E-state index contributed by atoms with van der Waals surface area (Å²) in [5, 5.41) is 4.06. The Bertz CT molecular complexity index is 481. The minimum absolute atomic E-state index is 0.363. The Hall–Kier alpha value is -1.43. The largest absolute Gasteiger partial charge is 0.465 e. The summed E-state index contributed by atoms with van der Waals surface area (Å²) in [5.74, 6) is 0.151. The number of carbonyl (C=O) groups excluding carboxylic acids is 1. The smallest absolute Gasteiger partial charge is 0.340 e. The van der Waals surface area contributed by atoms with Crippen molar-refractivity contribution in [3.05, 3.63) is 17.8 Å². The van der Waals surface area contributed by atoms with Crippen molar-refractivity contribution in [1.29, 1.82) is 0 Å². The third kappa shape index (κ3) is 3.36. The van der Waals surface area contributed by atoms with Crippen LogP contribution in [0.5, 0.6) is 0 Å². The van der Waals surface area contributed by atoms with Crippen molar-refractivity contribution in [3.8, 4) is 0 Å². The molecular formula is C14H21N3O2S. The van der Waals surface area contributed by atoms with Gasteiger partial charge in [0.25, 0.3) is 0 Å². The molecule has 1 saturated carbocycles. The van der Waals surface area contributed by atoms with Gasteiger partial charge in [0, 0.05) is 17.5 Å². The number of hydrogen-bond donors (Lipinski definition) is 2. The lowest BCUT2D eigenvalue weighted by Crippen LogP contribution is -2.29. The number of thioether (sulfide) groups is 1. The fourth-order valence-corrected chi connectivity index (χ4v) is 3.39. The second kappa shape index (κ2) is 6.83. The van der Waals surface area contributed by atoms with Gasteiger partial charge in [-0.25, -0.2) is 9.78 Å². The minimum Gasteiger partial charge on any atom is -0.465 e. The molecule has 0 radical (unpaired) electrons. The first-order chi connectivity index (χ1) is 9.65. The predicted octanol–water partition coefficient (Wildman–Crippen LogP) is 2.54. The molecule has 0 amide bonds. The van der Waals surface area contributed by atoms with E-state index in [2.05, 4.69) is 16.6 Å². The highest BCUT2D eigenvalue weighted by Gasteiger charge is 2.23. The first-order valence-electron chi connectivity index (χ1n) is 6.77. The summed E-state index contributed by atoms with van der Waals surface area (Å²) in [5.41, 5.74) is 6.74. The van der Waals surface area contributed by atoms with Crippen molar-refractivity contribution in [2.24, 2.45) is 0 Å². The van der Waals surface area contributed by atoms with Gasteiger partial charge >= 0.3 is 5.97 Å². The van der Waals surface area contributed by atoms with Gasteiger partial charge in [-0.2, -0.15) is 11.8 Å². The molecule has 1 aromatic rings. The van der Waals surface area contributed by atoms with Crippen molar-refractivity contribution in [2.45, 2.75) is 37.0 Å². The molecule has 1 aliphatic carbocycles. The van der Waals surface area contributed by atoms with Crippen LogP contribution in [0.2, 0.25) is 0 Å². The SMILES string of the molecule is COC(=O)c1ccnc(NC2CCCC(SC)C2)c1N. The number of ether oxygens (including phenoxy) is 1. The van der Waals surface area contributed by atoms with Crippen LogP contribution in [0.4, 0.5) is 11.5 Å². The van der Waals surface area contributed by atoms with Crippen LogP contribution in [0.15, 0.2) is 12.3 Å². The monoisotopic (exact) mass is 295 g/mol. The number of rotatable bonds is 4. The van der Waals surface area contributed by atoms with Gasteiger partial charge in [0.1, 0.15) is 5.82 Å². The summed E-state index contributed by atoms with van der Waals surface area (Å²) in [6.45, 7) is 0. The highest BCUT2D eigenvalue weighted by atomic mass is 32.2. The van der Waals surface area contributed by atoms with Gasteiger partial charge in [0.2, 0.25) is 0 Å². The van der Waals surface area contributed by atoms with Crippen LogP contribution in [-0.4, -0.2) is 35.6 Å². The second-order valence-electron chi connectivity index (χ2n) is 4.98. The zero-order chi connectivity index (χ0) is 14.5. The quantitative estimate of drug-likeness (QED) is 0.831. The molecule has 0 aliphatic heterocycles. The van der Waals surface area contributed by atoms with Crippen LogP contribution >= 0.6 is 11.8 Å². The Kier molecular flexibility index (Phi) is 5.11. The molecule has 0 aromatic carbocycles. The third-order valence-corrected chi connectivity index (χ3v) is 4.79. The number of methoxy groups -OCH3 is 1. The molecule has 1 aliphatic rings. The number of pyridine rings is 1. The Morgan fingerprint density at radius 1 is 1.55 bits per heavy atom. The van der Waals surface area contributed by atoms with Crippen LogP contribution in [0.1, 0.15) is 36.0 Å². The Morgan fingerprint density at radius 2 is 2.35 bits per heavy atom. The summed E-state index contributed by atoms with van der Waals surface area (Å²) >= 11 is 1.91. The molecule has 20 heavy (non-hydrogen) atoms. The molecular weight excluding hydrogens is 274 g/mol. The van der Waals surface area contributed by atoms with Crippen LogP contribution < -0.4 is 11.1 Å². The number of aromatic nitrogens is 1. The first-order valence-corrected chi connectivity index (χ1v) is 8.06. The van der Waals surface area contributed by atoms with E-state index in [1.807, 2.05) is 11.8 Å². The van der Waals surface area contributed by atoms with Crippen molar-refractivity contribution in [1.82, 2.24) is 4.98 Å². The summed E-state index contributed by atoms with van der Waals surface area (Å²) in [7, 11) is 1.35. The Balaban J connectivity index is 2.11.